The second-order valence-electron chi connectivity index (χ2n) is 8.94. The first-order chi connectivity index (χ1) is 15.9. The lowest BCUT2D eigenvalue weighted by Gasteiger charge is -2.40. The number of fused-ring (bicyclic) bond motifs is 1. The average Bonchev–Trinajstić information content (AvgIpc) is 2.81. The Kier molecular flexibility index (Phi) is 7.63. The lowest BCUT2D eigenvalue weighted by atomic mass is 10.0. The van der Waals surface area contributed by atoms with Gasteiger partial charge in [0.1, 0.15) is 11.9 Å². The molecule has 4 rings (SSSR count). The van der Waals surface area contributed by atoms with Crippen LogP contribution in [-0.2, 0) is 0 Å². The van der Waals surface area contributed by atoms with Crippen LogP contribution in [0.15, 0.2) is 60.7 Å². The quantitative estimate of drug-likeness (QED) is 0.302. The molecule has 1 aliphatic heterocycles. The number of likely N-dealkylation sites (tertiary alicyclic amines) is 1. The van der Waals surface area contributed by atoms with Crippen LogP contribution in [0.3, 0.4) is 0 Å². The van der Waals surface area contributed by atoms with E-state index in [1.54, 1.807) is 12.1 Å². The van der Waals surface area contributed by atoms with Crippen LogP contribution in [0.5, 0.6) is 5.75 Å². The number of hydrogen-bond acceptors (Lipinski definition) is 2. The standard InChI is InChI=1S/C26H29Cl2N3O2/c1-31(16-12-20(13-17-31)33-21-10-11-23(27)24(28)18-21)15-5-14-29-26(32)30-25-9-4-7-19-6-2-3-8-22(19)25/h2-4,6-11,18,20H,5,12-17H2,1H3,(H-,29,30,32)/p+1. The molecule has 33 heavy (non-hydrogen) atoms. The largest absolute Gasteiger partial charge is 0.490 e. The minimum Gasteiger partial charge on any atom is -0.490 e. The fraction of sp³-hybridized carbons (Fsp3) is 0.346. The Labute approximate surface area is 205 Å². The molecule has 3 aromatic carbocycles. The van der Waals surface area contributed by atoms with E-state index in [-0.39, 0.29) is 12.1 Å². The summed E-state index contributed by atoms with van der Waals surface area (Å²) in [5, 5.41) is 9.18. The van der Waals surface area contributed by atoms with Crippen molar-refractivity contribution in [3.05, 3.63) is 70.7 Å². The molecule has 0 radical (unpaired) electrons. The van der Waals surface area contributed by atoms with E-state index in [9.17, 15) is 4.79 Å². The number of hydrogen-bond donors (Lipinski definition) is 2. The summed E-state index contributed by atoms with van der Waals surface area (Å²) in [4.78, 5) is 12.4. The molecule has 0 spiro atoms. The molecule has 2 amide bonds. The first-order valence-corrected chi connectivity index (χ1v) is 12.2. The van der Waals surface area contributed by atoms with Crippen molar-refractivity contribution < 1.29 is 14.0 Å². The fourth-order valence-corrected chi connectivity index (χ4v) is 4.70. The molecule has 2 N–H and O–H groups in total. The van der Waals surface area contributed by atoms with E-state index in [0.717, 1.165) is 65.6 Å². The van der Waals surface area contributed by atoms with Crippen molar-refractivity contribution in [1.29, 1.82) is 0 Å². The number of benzene rings is 3. The maximum atomic E-state index is 12.4. The van der Waals surface area contributed by atoms with Gasteiger partial charge in [0.15, 0.2) is 0 Å². The van der Waals surface area contributed by atoms with Crippen molar-refractivity contribution in [2.24, 2.45) is 0 Å². The van der Waals surface area contributed by atoms with E-state index in [0.29, 0.717) is 16.6 Å². The summed E-state index contributed by atoms with van der Waals surface area (Å²) in [6.07, 6.45) is 3.10. The lowest BCUT2D eigenvalue weighted by Crippen LogP contribution is -2.52. The second kappa shape index (κ2) is 10.6. The predicted molar refractivity (Wildman–Crippen MR) is 136 cm³/mol. The summed E-state index contributed by atoms with van der Waals surface area (Å²) in [6.45, 7) is 3.77. The van der Waals surface area contributed by atoms with Gasteiger partial charge in [-0.1, -0.05) is 59.6 Å². The third-order valence-electron chi connectivity index (χ3n) is 6.37. The van der Waals surface area contributed by atoms with E-state index in [1.165, 1.54) is 0 Å². The number of nitrogens with one attached hydrogen (secondary N) is 2. The molecule has 1 fully saturated rings. The molecule has 174 valence electrons. The molecular formula is C26H30Cl2N3O2+. The first kappa shape index (κ1) is 23.7. The number of anilines is 1. The number of nitrogens with zero attached hydrogens (tertiary/aromatic N) is 1. The van der Waals surface area contributed by atoms with Gasteiger partial charge in [-0.15, -0.1) is 0 Å². The number of amides is 2. The molecular weight excluding hydrogens is 457 g/mol. The third kappa shape index (κ3) is 6.32. The summed E-state index contributed by atoms with van der Waals surface area (Å²) < 4.78 is 7.10. The smallest absolute Gasteiger partial charge is 0.319 e. The van der Waals surface area contributed by atoms with Gasteiger partial charge in [-0.25, -0.2) is 4.79 Å². The zero-order chi connectivity index (χ0) is 23.3. The van der Waals surface area contributed by atoms with Crippen molar-refractivity contribution >= 4 is 45.7 Å². The van der Waals surface area contributed by atoms with E-state index in [1.807, 2.05) is 48.5 Å². The molecule has 3 aromatic rings. The molecule has 0 bridgehead atoms. The highest BCUT2D eigenvalue weighted by molar-refractivity contribution is 6.42. The number of urea groups is 1. The molecule has 0 unspecified atom stereocenters. The number of quaternary nitrogens is 1. The number of piperidine rings is 1. The Balaban J connectivity index is 1.18. The molecule has 5 nitrogen and oxygen atoms in total. The van der Waals surface area contributed by atoms with Crippen LogP contribution in [0, 0.1) is 0 Å². The van der Waals surface area contributed by atoms with Crippen molar-refractivity contribution in [3.63, 3.8) is 0 Å². The third-order valence-corrected chi connectivity index (χ3v) is 7.11. The summed E-state index contributed by atoms with van der Waals surface area (Å²) in [5.74, 6) is 0.770. The van der Waals surface area contributed by atoms with Crippen LogP contribution >= 0.6 is 23.2 Å². The summed E-state index contributed by atoms with van der Waals surface area (Å²) in [7, 11) is 2.28. The van der Waals surface area contributed by atoms with Crippen molar-refractivity contribution in [2.45, 2.75) is 25.4 Å². The van der Waals surface area contributed by atoms with E-state index in [4.69, 9.17) is 27.9 Å². The fourth-order valence-electron chi connectivity index (χ4n) is 4.42. The van der Waals surface area contributed by atoms with Gasteiger partial charge < -0.3 is 19.9 Å². The number of ether oxygens (including phenoxy) is 1. The van der Waals surface area contributed by atoms with Crippen molar-refractivity contribution in [1.82, 2.24) is 5.32 Å². The molecule has 0 saturated carbocycles. The van der Waals surface area contributed by atoms with Gasteiger partial charge in [-0.3, -0.25) is 0 Å². The van der Waals surface area contributed by atoms with Crippen LogP contribution in [-0.4, -0.2) is 49.8 Å². The molecule has 0 atom stereocenters. The minimum absolute atomic E-state index is 0.164. The van der Waals surface area contributed by atoms with Gasteiger partial charge in [0.2, 0.25) is 0 Å². The number of carbonyl (C=O) groups is 1. The Morgan fingerprint density at radius 3 is 2.58 bits per heavy atom. The topological polar surface area (TPSA) is 50.4 Å². The zero-order valence-corrected chi connectivity index (χ0v) is 20.3. The highest BCUT2D eigenvalue weighted by Gasteiger charge is 2.30. The number of halogens is 2. The SMILES string of the molecule is C[N+]1(CCCNC(=O)Nc2cccc3ccccc23)CCC(Oc2ccc(Cl)c(Cl)c2)CC1. The predicted octanol–water partition coefficient (Wildman–Crippen LogP) is 6.35. The highest BCUT2D eigenvalue weighted by Crippen LogP contribution is 2.29. The van der Waals surface area contributed by atoms with Crippen LogP contribution in [0.1, 0.15) is 19.3 Å². The monoisotopic (exact) mass is 486 g/mol. The molecule has 1 saturated heterocycles. The van der Waals surface area contributed by atoms with Crippen molar-refractivity contribution in [2.75, 3.05) is 38.5 Å². The normalized spacial score (nSPS) is 20.4. The minimum atomic E-state index is -0.164. The van der Waals surface area contributed by atoms with Gasteiger partial charge in [-0.05, 0) is 23.6 Å². The van der Waals surface area contributed by atoms with Crippen LogP contribution < -0.4 is 15.4 Å². The highest BCUT2D eigenvalue weighted by atomic mass is 35.5. The van der Waals surface area contributed by atoms with Gasteiger partial charge in [0, 0.05) is 37.3 Å². The van der Waals surface area contributed by atoms with E-state index < -0.39 is 0 Å². The van der Waals surface area contributed by atoms with Gasteiger partial charge in [0.25, 0.3) is 0 Å². The molecule has 0 aliphatic carbocycles. The van der Waals surface area contributed by atoms with Crippen LogP contribution in [0.25, 0.3) is 10.8 Å². The lowest BCUT2D eigenvalue weighted by molar-refractivity contribution is -0.915. The Morgan fingerprint density at radius 2 is 1.79 bits per heavy atom. The van der Waals surface area contributed by atoms with Crippen LogP contribution in [0.2, 0.25) is 10.0 Å². The Bertz CT molecular complexity index is 1110. The number of rotatable bonds is 7. The Morgan fingerprint density at radius 1 is 1.03 bits per heavy atom. The van der Waals surface area contributed by atoms with E-state index in [2.05, 4.69) is 17.7 Å². The maximum absolute atomic E-state index is 12.4. The molecule has 1 aliphatic rings. The second-order valence-corrected chi connectivity index (χ2v) is 9.76. The van der Waals surface area contributed by atoms with E-state index >= 15 is 0 Å². The van der Waals surface area contributed by atoms with Gasteiger partial charge in [0.05, 0.1) is 42.4 Å². The molecule has 7 heteroatoms. The maximum Gasteiger partial charge on any atom is 0.319 e. The summed E-state index contributed by atoms with van der Waals surface area (Å²) >= 11 is 12.1. The summed E-state index contributed by atoms with van der Waals surface area (Å²) in [6, 6.07) is 19.2. The van der Waals surface area contributed by atoms with Crippen LogP contribution in [0.4, 0.5) is 10.5 Å². The number of carbonyl (C=O) groups excluding carboxylic acids is 1. The van der Waals surface area contributed by atoms with Gasteiger partial charge in [-0.2, -0.15) is 0 Å². The molecule has 0 aromatic heterocycles. The first-order valence-electron chi connectivity index (χ1n) is 11.4. The summed E-state index contributed by atoms with van der Waals surface area (Å²) in [5.41, 5.74) is 0.827. The Hall–Kier alpha value is -2.47. The molecule has 1 heterocycles. The average molecular weight is 487 g/mol. The van der Waals surface area contributed by atoms with Crippen molar-refractivity contribution in [3.8, 4) is 5.75 Å². The zero-order valence-electron chi connectivity index (χ0n) is 18.8. The van der Waals surface area contributed by atoms with Gasteiger partial charge >= 0.3 is 6.03 Å².